The van der Waals surface area contributed by atoms with Crippen LogP contribution in [0.4, 0.5) is 5.69 Å². The summed E-state index contributed by atoms with van der Waals surface area (Å²) < 4.78 is 25.0. The molecule has 3 saturated heterocycles. The summed E-state index contributed by atoms with van der Waals surface area (Å²) in [5.41, 5.74) is 1.80. The van der Waals surface area contributed by atoms with Gasteiger partial charge in [-0.15, -0.1) is 0 Å². The maximum atomic E-state index is 13.5. The molecule has 3 aliphatic heterocycles. The zero-order valence-corrected chi connectivity index (χ0v) is 22.8. The Morgan fingerprint density at radius 2 is 1.74 bits per heavy atom. The first-order valence-electron chi connectivity index (χ1n) is 14.3. The van der Waals surface area contributed by atoms with E-state index in [2.05, 4.69) is 15.9 Å². The van der Waals surface area contributed by atoms with E-state index in [1.807, 2.05) is 42.6 Å². The van der Waals surface area contributed by atoms with Gasteiger partial charge in [0.25, 0.3) is 5.56 Å². The molecule has 8 heteroatoms. The van der Waals surface area contributed by atoms with Crippen molar-refractivity contribution in [2.45, 2.75) is 44.3 Å². The van der Waals surface area contributed by atoms with Crippen LogP contribution in [0.3, 0.4) is 0 Å². The molecule has 0 amide bonds. The van der Waals surface area contributed by atoms with Crippen LogP contribution in [0.5, 0.6) is 11.5 Å². The Kier molecular flexibility index (Phi) is 8.04. The second-order valence-corrected chi connectivity index (χ2v) is 10.8. The molecule has 2 aromatic carbocycles. The number of aromatic nitrogens is 1. The third-order valence-corrected chi connectivity index (χ3v) is 8.19. The maximum Gasteiger partial charge on any atom is 0.262 e. The van der Waals surface area contributed by atoms with E-state index < -0.39 is 0 Å². The SMILES string of the molecule is COc1cc(-n2ccc3cc(OC[C@@H]4CCCO4)ccc3c2=O)ccc1N1CCCN(C[C@@H]2CCCO2)CC1. The zero-order chi connectivity index (χ0) is 26.6. The Balaban J connectivity index is 1.17. The molecule has 0 bridgehead atoms. The van der Waals surface area contributed by atoms with Crippen LogP contribution in [0.2, 0.25) is 0 Å². The highest BCUT2D eigenvalue weighted by atomic mass is 16.5. The van der Waals surface area contributed by atoms with Crippen molar-refractivity contribution in [3.63, 3.8) is 0 Å². The van der Waals surface area contributed by atoms with Crippen LogP contribution in [0, 0.1) is 0 Å². The zero-order valence-electron chi connectivity index (χ0n) is 22.8. The Labute approximate surface area is 230 Å². The first kappa shape index (κ1) is 26.2. The number of benzene rings is 2. The van der Waals surface area contributed by atoms with Crippen LogP contribution >= 0.6 is 0 Å². The molecular weight excluding hydrogens is 494 g/mol. The number of pyridine rings is 1. The molecule has 0 radical (unpaired) electrons. The number of fused-ring (bicyclic) bond motifs is 1. The highest BCUT2D eigenvalue weighted by Crippen LogP contribution is 2.32. The predicted molar refractivity (Wildman–Crippen MR) is 153 cm³/mol. The van der Waals surface area contributed by atoms with Crippen molar-refractivity contribution >= 4 is 16.5 Å². The lowest BCUT2D eigenvalue weighted by atomic mass is 10.1. The fourth-order valence-corrected chi connectivity index (χ4v) is 6.03. The molecule has 1 aromatic heterocycles. The molecule has 0 aliphatic carbocycles. The summed E-state index contributed by atoms with van der Waals surface area (Å²) in [6.07, 6.45) is 7.95. The molecule has 2 atom stereocenters. The number of nitrogens with zero attached hydrogens (tertiary/aromatic N) is 3. The summed E-state index contributed by atoms with van der Waals surface area (Å²) in [5.74, 6) is 1.54. The molecule has 0 spiro atoms. The van der Waals surface area contributed by atoms with E-state index in [9.17, 15) is 4.79 Å². The summed E-state index contributed by atoms with van der Waals surface area (Å²) in [6.45, 7) is 7.29. The molecule has 4 heterocycles. The summed E-state index contributed by atoms with van der Waals surface area (Å²) in [7, 11) is 1.70. The Bertz CT molecular complexity index is 1330. The van der Waals surface area contributed by atoms with Gasteiger partial charge in [-0.05, 0) is 80.4 Å². The van der Waals surface area contributed by atoms with E-state index in [1.54, 1.807) is 11.7 Å². The second kappa shape index (κ2) is 12.0. The minimum Gasteiger partial charge on any atom is -0.495 e. The third kappa shape index (κ3) is 5.93. The van der Waals surface area contributed by atoms with Crippen LogP contribution in [-0.2, 0) is 9.47 Å². The molecule has 0 unspecified atom stereocenters. The van der Waals surface area contributed by atoms with E-state index in [0.717, 1.165) is 93.5 Å². The van der Waals surface area contributed by atoms with Crippen molar-refractivity contribution in [2.75, 3.05) is 64.6 Å². The standard InChI is InChI=1S/C31H39N3O5/c1-36-30-20-24(7-10-29(30)33-13-4-12-32(15-16-33)21-26-5-2-17-37-26)34-14-11-23-19-25(8-9-28(23)31(34)35)39-22-27-6-3-18-38-27/h7-11,14,19-20,26-27H,2-6,12-13,15-18,21-22H2,1H3/t26-,27-/m0/s1. The van der Waals surface area contributed by atoms with Gasteiger partial charge in [-0.3, -0.25) is 14.3 Å². The van der Waals surface area contributed by atoms with Crippen LogP contribution < -0.4 is 19.9 Å². The third-order valence-electron chi connectivity index (χ3n) is 8.19. The quantitative estimate of drug-likeness (QED) is 0.429. The van der Waals surface area contributed by atoms with Crippen LogP contribution in [0.15, 0.2) is 53.5 Å². The van der Waals surface area contributed by atoms with Crippen molar-refractivity contribution in [1.82, 2.24) is 9.47 Å². The lowest BCUT2D eigenvalue weighted by molar-refractivity contribution is 0.0680. The monoisotopic (exact) mass is 533 g/mol. The minimum atomic E-state index is -0.0625. The molecule has 0 saturated carbocycles. The Hall–Kier alpha value is -3.07. The van der Waals surface area contributed by atoms with E-state index in [-0.39, 0.29) is 11.7 Å². The highest BCUT2D eigenvalue weighted by Gasteiger charge is 2.23. The molecule has 39 heavy (non-hydrogen) atoms. The fourth-order valence-electron chi connectivity index (χ4n) is 6.03. The molecular formula is C31H39N3O5. The molecule has 3 fully saturated rings. The van der Waals surface area contributed by atoms with E-state index in [1.165, 1.54) is 12.8 Å². The summed E-state index contributed by atoms with van der Waals surface area (Å²) in [6, 6.07) is 13.7. The smallest absolute Gasteiger partial charge is 0.262 e. The van der Waals surface area contributed by atoms with Gasteiger partial charge in [0.1, 0.15) is 18.1 Å². The largest absolute Gasteiger partial charge is 0.495 e. The number of methoxy groups -OCH3 is 1. The lowest BCUT2D eigenvalue weighted by Gasteiger charge is -2.26. The molecule has 3 aliphatic rings. The van der Waals surface area contributed by atoms with Gasteiger partial charge >= 0.3 is 0 Å². The van der Waals surface area contributed by atoms with Gasteiger partial charge in [0, 0.05) is 57.0 Å². The van der Waals surface area contributed by atoms with Crippen LogP contribution in [0.25, 0.3) is 16.5 Å². The van der Waals surface area contributed by atoms with E-state index >= 15 is 0 Å². The topological polar surface area (TPSA) is 65.4 Å². The Morgan fingerprint density at radius 1 is 0.897 bits per heavy atom. The lowest BCUT2D eigenvalue weighted by Crippen LogP contribution is -2.35. The van der Waals surface area contributed by atoms with Crippen molar-refractivity contribution < 1.29 is 18.9 Å². The number of ether oxygens (including phenoxy) is 4. The van der Waals surface area contributed by atoms with E-state index in [0.29, 0.717) is 18.1 Å². The first-order valence-corrected chi connectivity index (χ1v) is 14.3. The first-order chi connectivity index (χ1) is 19.2. The van der Waals surface area contributed by atoms with Crippen molar-refractivity contribution in [1.29, 1.82) is 0 Å². The van der Waals surface area contributed by atoms with Gasteiger partial charge in [-0.25, -0.2) is 0 Å². The van der Waals surface area contributed by atoms with Gasteiger partial charge < -0.3 is 23.8 Å². The van der Waals surface area contributed by atoms with Gasteiger partial charge in [0.2, 0.25) is 0 Å². The average Bonchev–Trinajstić information content (AvgIpc) is 3.63. The van der Waals surface area contributed by atoms with Crippen LogP contribution in [-0.4, -0.2) is 81.3 Å². The predicted octanol–water partition coefficient (Wildman–Crippen LogP) is 4.25. The highest BCUT2D eigenvalue weighted by molar-refractivity contribution is 5.83. The van der Waals surface area contributed by atoms with E-state index in [4.69, 9.17) is 18.9 Å². The average molecular weight is 534 g/mol. The number of hydrogen-bond acceptors (Lipinski definition) is 7. The summed E-state index contributed by atoms with van der Waals surface area (Å²) in [4.78, 5) is 18.4. The molecule has 8 nitrogen and oxygen atoms in total. The molecule has 3 aromatic rings. The minimum absolute atomic E-state index is 0.0625. The molecule has 6 rings (SSSR count). The summed E-state index contributed by atoms with van der Waals surface area (Å²) in [5, 5.41) is 1.52. The second-order valence-electron chi connectivity index (χ2n) is 10.8. The van der Waals surface area contributed by atoms with Crippen molar-refractivity contribution in [3.05, 3.63) is 59.0 Å². The van der Waals surface area contributed by atoms with Crippen LogP contribution in [0.1, 0.15) is 32.1 Å². The number of anilines is 1. The van der Waals surface area contributed by atoms with Gasteiger partial charge in [0.15, 0.2) is 0 Å². The van der Waals surface area contributed by atoms with Gasteiger partial charge in [-0.2, -0.15) is 0 Å². The number of rotatable bonds is 8. The molecule has 208 valence electrons. The number of hydrogen-bond donors (Lipinski definition) is 0. The van der Waals surface area contributed by atoms with Gasteiger partial charge in [0.05, 0.1) is 30.7 Å². The Morgan fingerprint density at radius 3 is 2.54 bits per heavy atom. The van der Waals surface area contributed by atoms with Gasteiger partial charge in [-0.1, -0.05) is 0 Å². The molecule has 0 N–H and O–H groups in total. The summed E-state index contributed by atoms with van der Waals surface area (Å²) >= 11 is 0. The normalized spacial score (nSPS) is 22.3. The van der Waals surface area contributed by atoms with Crippen molar-refractivity contribution in [3.8, 4) is 17.2 Å². The van der Waals surface area contributed by atoms with Crippen molar-refractivity contribution in [2.24, 2.45) is 0 Å². The maximum absolute atomic E-state index is 13.5. The fraction of sp³-hybridized carbons (Fsp3) is 0.516.